The highest BCUT2D eigenvalue weighted by molar-refractivity contribution is 5.77. The molecule has 0 heterocycles. The third-order valence-electron chi connectivity index (χ3n) is 11.4. The molecule has 0 aromatic heterocycles. The van der Waals surface area contributed by atoms with Gasteiger partial charge in [0.25, 0.3) is 0 Å². The second-order valence-electron chi connectivity index (χ2n) is 17.3. The third-order valence-corrected chi connectivity index (χ3v) is 11.4. The van der Waals surface area contributed by atoms with Crippen LogP contribution >= 0.6 is 0 Å². The zero-order valence-electron chi connectivity index (χ0n) is 39.6. The van der Waals surface area contributed by atoms with Gasteiger partial charge in [-0.1, -0.05) is 223 Å². The molecule has 0 fully saturated rings. The highest BCUT2D eigenvalue weighted by atomic mass is 16.5. The Kier molecular flexibility index (Phi) is 45.7. The van der Waals surface area contributed by atoms with Gasteiger partial charge >= 0.3 is 5.97 Å². The average molecular weight is 840 g/mol. The van der Waals surface area contributed by atoms with E-state index in [1.165, 1.54) is 109 Å². The number of hydrogen-bond acceptors (Lipinski definition) is 5. The number of ether oxygens (including phenoxy) is 1. The van der Waals surface area contributed by atoms with Crippen LogP contribution in [0, 0.1) is 0 Å². The van der Waals surface area contributed by atoms with E-state index in [4.69, 9.17) is 4.74 Å². The van der Waals surface area contributed by atoms with E-state index < -0.39 is 18.2 Å². The number of unbranched alkanes of at least 4 members (excludes halogenated alkanes) is 26. The molecule has 0 aliphatic carbocycles. The standard InChI is InChI=1S/C54H97NO5/c1-4-7-10-13-16-19-22-25-26-29-32-35-38-41-44-47-54(59)60-50(45-42-39-36-33-30-27-23-20-17-14-11-8-5-2)48-53(58)55-51(49-56)52(57)46-43-40-37-34-31-28-24-21-18-15-12-9-6-3/h8,11,14,16-17,19-20,22-23,25,50-52,56-57H,4-7,9-10,12-13,15,18,21,24,26-49H2,1-3H3,(H,55,58)/b11-8+,17-14+,19-16+,23-20+,25-22+. The molecule has 0 aromatic rings. The van der Waals surface area contributed by atoms with Gasteiger partial charge in [-0.15, -0.1) is 0 Å². The molecule has 0 bridgehead atoms. The van der Waals surface area contributed by atoms with Crippen LogP contribution in [0.4, 0.5) is 0 Å². The predicted molar refractivity (Wildman–Crippen MR) is 259 cm³/mol. The van der Waals surface area contributed by atoms with Gasteiger partial charge in [0.15, 0.2) is 0 Å². The molecule has 0 aliphatic rings. The fraction of sp³-hybridized carbons (Fsp3) is 0.778. The van der Waals surface area contributed by atoms with Crippen LogP contribution in [-0.2, 0) is 14.3 Å². The maximum atomic E-state index is 13.2. The van der Waals surface area contributed by atoms with Crippen molar-refractivity contribution in [2.75, 3.05) is 6.61 Å². The van der Waals surface area contributed by atoms with Crippen LogP contribution in [-0.4, -0.2) is 46.9 Å². The number of aliphatic hydroxyl groups excluding tert-OH is 2. The summed E-state index contributed by atoms with van der Waals surface area (Å²) < 4.78 is 5.92. The average Bonchev–Trinajstić information content (AvgIpc) is 3.24. The first-order chi connectivity index (χ1) is 29.5. The fourth-order valence-electron chi connectivity index (χ4n) is 7.54. The summed E-state index contributed by atoms with van der Waals surface area (Å²) in [5.74, 6) is -0.506. The van der Waals surface area contributed by atoms with Gasteiger partial charge in [0.05, 0.1) is 25.2 Å². The van der Waals surface area contributed by atoms with E-state index in [1.54, 1.807) is 0 Å². The molecular weight excluding hydrogens is 743 g/mol. The molecule has 6 nitrogen and oxygen atoms in total. The molecule has 3 unspecified atom stereocenters. The molecule has 0 spiro atoms. The number of hydrogen-bond donors (Lipinski definition) is 3. The number of aliphatic hydroxyl groups is 2. The Hall–Kier alpha value is -2.44. The molecular formula is C54H97NO5. The normalized spacial score (nSPS) is 13.8. The van der Waals surface area contributed by atoms with Crippen molar-refractivity contribution >= 4 is 11.9 Å². The van der Waals surface area contributed by atoms with Gasteiger partial charge in [0, 0.05) is 6.42 Å². The van der Waals surface area contributed by atoms with Crippen LogP contribution in [0.5, 0.6) is 0 Å². The summed E-state index contributed by atoms with van der Waals surface area (Å²) in [5.41, 5.74) is 0. The Labute approximate surface area is 371 Å². The molecule has 0 aliphatic heterocycles. The van der Waals surface area contributed by atoms with Crippen molar-refractivity contribution < 1.29 is 24.5 Å². The SMILES string of the molecule is CC/C=C/C=C/C=C/CCCCCCCC(CC(=O)NC(CO)C(O)CCCCCCCCCCCCCCC)OC(=O)CCCCCCCC/C=C/C=C/CCCCC. The molecule has 1 amide bonds. The number of allylic oxidation sites excluding steroid dienone is 10. The largest absolute Gasteiger partial charge is 0.462 e. The lowest BCUT2D eigenvalue weighted by atomic mass is 10.0. The van der Waals surface area contributed by atoms with Crippen molar-refractivity contribution in [1.29, 1.82) is 0 Å². The number of esters is 1. The molecule has 0 saturated heterocycles. The third kappa shape index (κ3) is 42.3. The van der Waals surface area contributed by atoms with Crippen molar-refractivity contribution in [1.82, 2.24) is 5.32 Å². The highest BCUT2D eigenvalue weighted by Gasteiger charge is 2.24. The summed E-state index contributed by atoms with van der Waals surface area (Å²) in [7, 11) is 0. The van der Waals surface area contributed by atoms with E-state index in [1.807, 2.05) is 0 Å². The van der Waals surface area contributed by atoms with Crippen LogP contribution in [0.2, 0.25) is 0 Å². The minimum absolute atomic E-state index is 0.0581. The zero-order valence-corrected chi connectivity index (χ0v) is 39.6. The quantitative estimate of drug-likeness (QED) is 0.0322. The first-order valence-electron chi connectivity index (χ1n) is 25.6. The molecule has 60 heavy (non-hydrogen) atoms. The van der Waals surface area contributed by atoms with E-state index in [-0.39, 0.29) is 24.9 Å². The second kappa shape index (κ2) is 47.6. The summed E-state index contributed by atoms with van der Waals surface area (Å²) >= 11 is 0. The number of amides is 1. The molecule has 0 aromatic carbocycles. The monoisotopic (exact) mass is 840 g/mol. The lowest BCUT2D eigenvalue weighted by molar-refractivity contribution is -0.151. The summed E-state index contributed by atoms with van der Waals surface area (Å²) in [6.07, 6.45) is 58.4. The van der Waals surface area contributed by atoms with Crippen LogP contribution < -0.4 is 5.32 Å². The Balaban J connectivity index is 4.62. The molecule has 0 rings (SSSR count). The Morgan fingerprint density at radius 3 is 1.40 bits per heavy atom. The Morgan fingerprint density at radius 1 is 0.500 bits per heavy atom. The highest BCUT2D eigenvalue weighted by Crippen LogP contribution is 2.18. The van der Waals surface area contributed by atoms with E-state index in [9.17, 15) is 19.8 Å². The predicted octanol–water partition coefficient (Wildman–Crippen LogP) is 15.2. The number of rotatable bonds is 45. The van der Waals surface area contributed by atoms with Gasteiger partial charge in [-0.05, 0) is 70.6 Å². The van der Waals surface area contributed by atoms with Crippen molar-refractivity contribution in [3.63, 3.8) is 0 Å². The summed E-state index contributed by atoms with van der Waals surface area (Å²) in [5, 5.41) is 23.8. The first kappa shape index (κ1) is 57.6. The number of carbonyl (C=O) groups excluding carboxylic acids is 2. The zero-order chi connectivity index (χ0) is 43.8. The Bertz CT molecular complexity index is 1080. The van der Waals surface area contributed by atoms with Gasteiger partial charge in [-0.3, -0.25) is 9.59 Å². The van der Waals surface area contributed by atoms with Gasteiger partial charge < -0.3 is 20.3 Å². The van der Waals surface area contributed by atoms with Crippen molar-refractivity contribution in [2.24, 2.45) is 0 Å². The minimum atomic E-state index is -0.796. The van der Waals surface area contributed by atoms with E-state index >= 15 is 0 Å². The Morgan fingerprint density at radius 2 is 0.900 bits per heavy atom. The lowest BCUT2D eigenvalue weighted by Gasteiger charge is -2.24. The minimum Gasteiger partial charge on any atom is -0.462 e. The fourth-order valence-corrected chi connectivity index (χ4v) is 7.54. The topological polar surface area (TPSA) is 95.9 Å². The van der Waals surface area contributed by atoms with Gasteiger partial charge in [0.2, 0.25) is 5.91 Å². The summed E-state index contributed by atoms with van der Waals surface area (Å²) in [6, 6.07) is -0.711. The number of nitrogens with one attached hydrogen (secondary N) is 1. The van der Waals surface area contributed by atoms with Gasteiger partial charge in [-0.25, -0.2) is 0 Å². The lowest BCUT2D eigenvalue weighted by Crippen LogP contribution is -2.46. The van der Waals surface area contributed by atoms with Crippen LogP contribution in [0.1, 0.15) is 245 Å². The number of carbonyl (C=O) groups is 2. The molecule has 348 valence electrons. The maximum Gasteiger partial charge on any atom is 0.306 e. The van der Waals surface area contributed by atoms with E-state index in [0.717, 1.165) is 89.9 Å². The molecule has 6 heteroatoms. The van der Waals surface area contributed by atoms with Crippen LogP contribution in [0.15, 0.2) is 60.8 Å². The van der Waals surface area contributed by atoms with Crippen molar-refractivity contribution in [2.45, 2.75) is 264 Å². The maximum absolute atomic E-state index is 13.2. The molecule has 3 atom stereocenters. The molecule has 0 saturated carbocycles. The van der Waals surface area contributed by atoms with Crippen LogP contribution in [0.3, 0.4) is 0 Å². The summed E-state index contributed by atoms with van der Waals surface area (Å²) in [6.45, 7) is 6.32. The van der Waals surface area contributed by atoms with Gasteiger partial charge in [-0.2, -0.15) is 0 Å². The second-order valence-corrected chi connectivity index (χ2v) is 17.3. The molecule has 0 radical (unpaired) electrons. The van der Waals surface area contributed by atoms with E-state index in [0.29, 0.717) is 19.3 Å². The van der Waals surface area contributed by atoms with Crippen molar-refractivity contribution in [3.05, 3.63) is 60.8 Å². The molecule has 3 N–H and O–H groups in total. The van der Waals surface area contributed by atoms with E-state index in [2.05, 4.69) is 86.8 Å². The summed E-state index contributed by atoms with van der Waals surface area (Å²) in [4.78, 5) is 26.1. The smallest absolute Gasteiger partial charge is 0.306 e. The van der Waals surface area contributed by atoms with Crippen molar-refractivity contribution in [3.8, 4) is 0 Å². The first-order valence-corrected chi connectivity index (χ1v) is 25.6. The van der Waals surface area contributed by atoms with Crippen LogP contribution in [0.25, 0.3) is 0 Å². The van der Waals surface area contributed by atoms with Gasteiger partial charge in [0.1, 0.15) is 6.10 Å².